The fraction of sp³-hybridized carbons (Fsp3) is 0.345. The van der Waals surface area contributed by atoms with Crippen LogP contribution in [0.4, 0.5) is 4.39 Å². The number of hydrogen-bond acceptors (Lipinski definition) is 6. The number of hydrogen-bond donors (Lipinski definition) is 0. The zero-order chi connectivity index (χ0) is 27.5. The topological polar surface area (TPSA) is 82.9 Å². The highest BCUT2D eigenvalue weighted by molar-refractivity contribution is 6.31. The van der Waals surface area contributed by atoms with Gasteiger partial charge in [-0.15, -0.1) is 0 Å². The first-order chi connectivity index (χ1) is 18.9. The van der Waals surface area contributed by atoms with Gasteiger partial charge in [-0.05, 0) is 49.1 Å². The highest BCUT2D eigenvalue weighted by atomic mass is 35.5. The Morgan fingerprint density at radius 2 is 2.13 bits per heavy atom. The van der Waals surface area contributed by atoms with Crippen LogP contribution in [0.1, 0.15) is 28.9 Å². The van der Waals surface area contributed by atoms with Gasteiger partial charge in [0.25, 0.3) is 5.91 Å². The Balaban J connectivity index is 1.35. The van der Waals surface area contributed by atoms with E-state index in [9.17, 15) is 14.0 Å². The van der Waals surface area contributed by atoms with E-state index in [1.165, 1.54) is 19.3 Å². The number of nitrogens with zero attached hydrogens (tertiary/aromatic N) is 3. The molecule has 0 radical (unpaired) electrons. The van der Waals surface area contributed by atoms with Crippen molar-refractivity contribution in [2.24, 2.45) is 18.9 Å². The lowest BCUT2D eigenvalue weighted by molar-refractivity contribution is -0.143. The molecule has 10 heteroatoms. The largest absolute Gasteiger partial charge is 0.489 e. The smallest absolute Gasteiger partial charge is 0.312 e. The predicted octanol–water partition coefficient (Wildman–Crippen LogP) is 5.15. The molecule has 1 aromatic heterocycles. The van der Waals surface area contributed by atoms with Crippen molar-refractivity contribution >= 4 is 23.5 Å². The lowest BCUT2D eigenvalue weighted by atomic mass is 9.99. The molecule has 5 rings (SSSR count). The molecule has 2 heterocycles. The number of aryl methyl sites for hydroxylation is 1. The van der Waals surface area contributed by atoms with Gasteiger partial charge in [-0.25, -0.2) is 4.39 Å². The molecule has 0 fully saturated rings. The molecule has 204 valence electrons. The quantitative estimate of drug-likeness (QED) is 0.420. The summed E-state index contributed by atoms with van der Waals surface area (Å²) >= 11 is 6.24. The van der Waals surface area contributed by atoms with E-state index in [2.05, 4.69) is 17.3 Å². The summed E-state index contributed by atoms with van der Waals surface area (Å²) in [6.45, 7) is 0.934. The number of aromatic nitrogens is 2. The van der Waals surface area contributed by atoms with Gasteiger partial charge in [-0.1, -0.05) is 35.9 Å². The summed E-state index contributed by atoms with van der Waals surface area (Å²) in [7, 11) is 3.06. The van der Waals surface area contributed by atoms with Crippen LogP contribution in [0, 0.1) is 11.8 Å². The van der Waals surface area contributed by atoms with Crippen LogP contribution in [0.3, 0.4) is 0 Å². The van der Waals surface area contributed by atoms with Crippen LogP contribution in [0.25, 0.3) is 11.3 Å². The number of benzene rings is 1. The van der Waals surface area contributed by atoms with Crippen molar-refractivity contribution < 1.29 is 28.2 Å². The van der Waals surface area contributed by atoms with Crippen LogP contribution >= 0.6 is 11.6 Å². The van der Waals surface area contributed by atoms with E-state index in [0.29, 0.717) is 28.6 Å². The molecule has 1 aliphatic heterocycles. The van der Waals surface area contributed by atoms with E-state index < -0.39 is 17.7 Å². The fourth-order valence-electron chi connectivity index (χ4n) is 5.02. The molecule has 0 saturated heterocycles. The first-order valence-electron chi connectivity index (χ1n) is 12.8. The van der Waals surface area contributed by atoms with Gasteiger partial charge in [0.2, 0.25) is 0 Å². The summed E-state index contributed by atoms with van der Waals surface area (Å²) in [5, 5.41) is 5.14. The minimum atomic E-state index is -0.677. The third-order valence-corrected chi connectivity index (χ3v) is 7.23. The molecular formula is C29H29ClFN3O5. The van der Waals surface area contributed by atoms with Gasteiger partial charge in [-0.3, -0.25) is 14.3 Å². The minimum absolute atomic E-state index is 0.0557. The number of carbonyl (C=O) groups excluding carboxylic acids is 2. The Labute approximate surface area is 231 Å². The van der Waals surface area contributed by atoms with E-state index in [1.54, 1.807) is 28.8 Å². The Morgan fingerprint density at radius 1 is 1.28 bits per heavy atom. The molecule has 0 spiro atoms. The van der Waals surface area contributed by atoms with Gasteiger partial charge in [0.1, 0.15) is 19.0 Å². The molecule has 2 aromatic rings. The standard InChI is InChI=1S/C29H29ClFN3O5/c1-33-27-21-15-20(30)9-11-24(21)39-17-22(27)26(32-33)28(35)34(16-18-6-4-3-5-7-18)12-13-38-25-10-8-19(14-23(25)31)29(36)37-2/h3-6,9-11,14-15,18-19H,7-8,12-13,16-17H2,1-2H3. The van der Waals surface area contributed by atoms with Crippen molar-refractivity contribution in [3.05, 3.63) is 82.5 Å². The van der Waals surface area contributed by atoms with Crippen molar-refractivity contribution in [2.75, 3.05) is 26.8 Å². The fourth-order valence-corrected chi connectivity index (χ4v) is 5.19. The summed E-state index contributed by atoms with van der Waals surface area (Å²) in [6, 6.07) is 5.37. The highest BCUT2D eigenvalue weighted by Gasteiger charge is 2.32. The first-order valence-corrected chi connectivity index (χ1v) is 13.1. The first kappa shape index (κ1) is 26.7. The highest BCUT2D eigenvalue weighted by Crippen LogP contribution is 2.40. The van der Waals surface area contributed by atoms with E-state index in [-0.39, 0.29) is 43.8 Å². The average molecular weight is 554 g/mol. The number of rotatable bonds is 8. The van der Waals surface area contributed by atoms with Crippen LogP contribution < -0.4 is 4.74 Å². The molecule has 1 aromatic carbocycles. The van der Waals surface area contributed by atoms with Gasteiger partial charge < -0.3 is 19.1 Å². The average Bonchev–Trinajstić information content (AvgIpc) is 3.29. The van der Waals surface area contributed by atoms with E-state index >= 15 is 0 Å². The van der Waals surface area contributed by atoms with Crippen LogP contribution in [0.5, 0.6) is 5.75 Å². The number of allylic oxidation sites excluding steroid dienone is 5. The number of halogens is 2. The van der Waals surface area contributed by atoms with Crippen LogP contribution in [-0.4, -0.2) is 53.4 Å². The number of fused-ring (bicyclic) bond motifs is 3. The van der Waals surface area contributed by atoms with Gasteiger partial charge in [-0.2, -0.15) is 5.10 Å². The second-order valence-corrected chi connectivity index (χ2v) is 10.0. The van der Waals surface area contributed by atoms with Gasteiger partial charge >= 0.3 is 5.97 Å². The molecule has 3 aliphatic rings. The van der Waals surface area contributed by atoms with Crippen molar-refractivity contribution in [1.82, 2.24) is 14.7 Å². The number of ether oxygens (including phenoxy) is 3. The Bertz CT molecular complexity index is 1410. The molecular weight excluding hydrogens is 525 g/mol. The predicted molar refractivity (Wildman–Crippen MR) is 144 cm³/mol. The number of methoxy groups -OCH3 is 1. The molecule has 39 heavy (non-hydrogen) atoms. The molecule has 0 N–H and O–H groups in total. The van der Waals surface area contributed by atoms with E-state index in [4.69, 9.17) is 25.8 Å². The van der Waals surface area contributed by atoms with Crippen molar-refractivity contribution in [3.8, 4) is 17.0 Å². The van der Waals surface area contributed by atoms with Crippen LogP contribution in [0.15, 0.2) is 66.2 Å². The number of amides is 1. The number of carbonyl (C=O) groups is 2. The second kappa shape index (κ2) is 11.5. The van der Waals surface area contributed by atoms with Crippen LogP contribution in [-0.2, 0) is 27.9 Å². The zero-order valence-electron chi connectivity index (χ0n) is 21.7. The lowest BCUT2D eigenvalue weighted by Crippen LogP contribution is -2.38. The van der Waals surface area contributed by atoms with E-state index in [1.807, 2.05) is 18.2 Å². The molecule has 1 amide bonds. The zero-order valence-corrected chi connectivity index (χ0v) is 22.5. The summed E-state index contributed by atoms with van der Waals surface area (Å²) < 4.78 is 32.6. The van der Waals surface area contributed by atoms with Crippen molar-refractivity contribution in [3.63, 3.8) is 0 Å². The van der Waals surface area contributed by atoms with Gasteiger partial charge in [0.15, 0.2) is 17.3 Å². The maximum atomic E-state index is 14.6. The Kier molecular flexibility index (Phi) is 7.88. The lowest BCUT2D eigenvalue weighted by Gasteiger charge is -2.27. The van der Waals surface area contributed by atoms with Crippen molar-refractivity contribution in [2.45, 2.75) is 19.4 Å². The summed E-state index contributed by atoms with van der Waals surface area (Å²) in [5.41, 5.74) is 2.57. The maximum absolute atomic E-state index is 14.6. The van der Waals surface area contributed by atoms with Crippen molar-refractivity contribution in [1.29, 1.82) is 0 Å². The summed E-state index contributed by atoms with van der Waals surface area (Å²) in [4.78, 5) is 27.3. The van der Waals surface area contributed by atoms with Crippen LogP contribution in [0.2, 0.25) is 5.02 Å². The summed E-state index contributed by atoms with van der Waals surface area (Å²) in [6.07, 6.45) is 11.9. The van der Waals surface area contributed by atoms with Gasteiger partial charge in [0.05, 0.1) is 25.3 Å². The molecule has 2 atom stereocenters. The Hall–Kier alpha value is -3.85. The van der Waals surface area contributed by atoms with Gasteiger partial charge in [0, 0.05) is 29.7 Å². The molecule has 0 bridgehead atoms. The maximum Gasteiger partial charge on any atom is 0.312 e. The molecule has 8 nitrogen and oxygen atoms in total. The second-order valence-electron chi connectivity index (χ2n) is 9.59. The molecule has 2 aliphatic carbocycles. The third kappa shape index (κ3) is 5.63. The Morgan fingerprint density at radius 3 is 2.87 bits per heavy atom. The monoisotopic (exact) mass is 553 g/mol. The molecule has 2 unspecified atom stereocenters. The minimum Gasteiger partial charge on any atom is -0.489 e. The number of esters is 1. The normalized spacial score (nSPS) is 19.3. The summed E-state index contributed by atoms with van der Waals surface area (Å²) in [5.74, 6) is -1.19. The third-order valence-electron chi connectivity index (χ3n) is 6.99. The molecule has 0 saturated carbocycles. The SMILES string of the molecule is COC(=O)C1C=C(F)C(OCCN(CC2C=CC=CC2)C(=O)c2nn(C)c3c2COc2ccc(Cl)cc2-3)=CC1. The van der Waals surface area contributed by atoms with E-state index in [0.717, 1.165) is 17.7 Å².